The average molecular weight is 720 g/mol. The zero-order chi connectivity index (χ0) is 37.5. The lowest BCUT2D eigenvalue weighted by atomic mass is 9.84. The number of carbonyl (C=O) groups excluding carboxylic acids is 4. The highest BCUT2D eigenvalue weighted by Gasteiger charge is 2.38. The molecular formula is C32H48F3N5O10. The molecule has 4 atom stereocenters. The van der Waals surface area contributed by atoms with E-state index in [1.165, 1.54) is 0 Å². The minimum atomic E-state index is -5.08. The van der Waals surface area contributed by atoms with Crippen LogP contribution in [0.1, 0.15) is 76.7 Å². The van der Waals surface area contributed by atoms with Gasteiger partial charge in [-0.25, -0.2) is 19.2 Å². The second-order valence-electron chi connectivity index (χ2n) is 11.4. The van der Waals surface area contributed by atoms with Crippen LogP contribution in [0.15, 0.2) is 30.3 Å². The van der Waals surface area contributed by atoms with Crippen LogP contribution in [0.4, 0.5) is 22.8 Å². The number of unbranched alkanes of at least 4 members (excludes halogenated alkanes) is 2. The Morgan fingerprint density at radius 1 is 0.900 bits per heavy atom. The van der Waals surface area contributed by atoms with Gasteiger partial charge in [0.05, 0.1) is 12.5 Å². The van der Waals surface area contributed by atoms with Gasteiger partial charge in [0, 0.05) is 12.6 Å². The SMILES string of the molecule is CCOC(=O)[C@@H]1CCCC[C@@H]1NC(=O)[C@@H](CCCCNC(=O)OCc1ccccc1)NC(=O)N[C@@H](CCCCN)C(=O)O.O=C(O)C(F)(F)F. The number of carboxylic acids is 2. The summed E-state index contributed by atoms with van der Waals surface area (Å²) in [7, 11) is 0. The molecule has 0 heterocycles. The number of carbonyl (C=O) groups is 6. The second kappa shape index (κ2) is 23.7. The number of hydrogen-bond acceptors (Lipinski definition) is 9. The minimum Gasteiger partial charge on any atom is -0.480 e. The molecule has 1 aromatic carbocycles. The van der Waals surface area contributed by atoms with Gasteiger partial charge in [-0.15, -0.1) is 0 Å². The maximum absolute atomic E-state index is 13.4. The molecule has 0 bridgehead atoms. The Morgan fingerprint density at radius 2 is 1.50 bits per heavy atom. The molecule has 1 aliphatic carbocycles. The van der Waals surface area contributed by atoms with Crippen LogP contribution in [-0.4, -0.2) is 90.2 Å². The highest BCUT2D eigenvalue weighted by molar-refractivity contribution is 5.89. The topological polar surface area (TPSA) is 235 Å². The van der Waals surface area contributed by atoms with Crippen molar-refractivity contribution in [2.45, 2.75) is 102 Å². The summed E-state index contributed by atoms with van der Waals surface area (Å²) in [5.41, 5.74) is 6.35. The maximum Gasteiger partial charge on any atom is 0.490 e. The van der Waals surface area contributed by atoms with Crippen LogP contribution in [0.3, 0.4) is 0 Å². The number of urea groups is 1. The van der Waals surface area contributed by atoms with Gasteiger partial charge in [0.25, 0.3) is 0 Å². The normalized spacial score (nSPS) is 16.7. The van der Waals surface area contributed by atoms with Crippen LogP contribution in [0.2, 0.25) is 0 Å². The molecule has 2 rings (SSSR count). The molecule has 1 fully saturated rings. The Labute approximate surface area is 288 Å². The van der Waals surface area contributed by atoms with Crippen LogP contribution in [0, 0.1) is 5.92 Å². The van der Waals surface area contributed by atoms with E-state index in [0.29, 0.717) is 51.6 Å². The molecule has 1 aromatic rings. The van der Waals surface area contributed by atoms with Gasteiger partial charge in [0.1, 0.15) is 18.7 Å². The molecule has 50 heavy (non-hydrogen) atoms. The van der Waals surface area contributed by atoms with Crippen LogP contribution in [-0.2, 0) is 35.3 Å². The van der Waals surface area contributed by atoms with E-state index in [1.54, 1.807) is 6.92 Å². The van der Waals surface area contributed by atoms with Crippen molar-refractivity contribution in [3.8, 4) is 0 Å². The van der Waals surface area contributed by atoms with Gasteiger partial charge in [-0.3, -0.25) is 9.59 Å². The fourth-order valence-electron chi connectivity index (χ4n) is 4.93. The Balaban J connectivity index is 0.00000161. The summed E-state index contributed by atoms with van der Waals surface area (Å²) in [5.74, 6) is -5.24. The van der Waals surface area contributed by atoms with Crippen LogP contribution < -0.4 is 27.0 Å². The zero-order valence-corrected chi connectivity index (χ0v) is 28.0. The molecule has 18 heteroatoms. The van der Waals surface area contributed by atoms with Crippen molar-refractivity contribution in [2.75, 3.05) is 19.7 Å². The Bertz CT molecular complexity index is 1220. The first-order valence-electron chi connectivity index (χ1n) is 16.4. The number of halogens is 3. The molecule has 1 saturated carbocycles. The quantitative estimate of drug-likeness (QED) is 0.0859. The lowest BCUT2D eigenvalue weighted by Gasteiger charge is -2.32. The first-order chi connectivity index (χ1) is 23.7. The van der Waals surface area contributed by atoms with Gasteiger partial charge in [-0.05, 0) is 70.4 Å². The van der Waals surface area contributed by atoms with E-state index in [4.69, 9.17) is 25.1 Å². The van der Waals surface area contributed by atoms with E-state index in [0.717, 1.165) is 18.4 Å². The average Bonchev–Trinajstić information content (AvgIpc) is 3.06. The molecule has 0 spiro atoms. The van der Waals surface area contributed by atoms with Crippen molar-refractivity contribution in [2.24, 2.45) is 11.7 Å². The number of amides is 4. The number of rotatable bonds is 18. The fourth-order valence-corrected chi connectivity index (χ4v) is 4.93. The molecule has 4 amide bonds. The van der Waals surface area contributed by atoms with Gasteiger partial charge in [0.15, 0.2) is 0 Å². The second-order valence-corrected chi connectivity index (χ2v) is 11.4. The number of nitrogens with two attached hydrogens (primary N) is 1. The van der Waals surface area contributed by atoms with Crippen LogP contribution in [0.25, 0.3) is 0 Å². The van der Waals surface area contributed by atoms with Crippen molar-refractivity contribution in [1.82, 2.24) is 21.3 Å². The number of esters is 1. The first-order valence-corrected chi connectivity index (χ1v) is 16.4. The summed E-state index contributed by atoms with van der Waals surface area (Å²) in [5, 5.41) is 27.3. The molecule has 282 valence electrons. The molecule has 0 aromatic heterocycles. The number of nitrogens with one attached hydrogen (secondary N) is 4. The molecule has 1 aliphatic rings. The van der Waals surface area contributed by atoms with Crippen molar-refractivity contribution in [1.29, 1.82) is 0 Å². The summed E-state index contributed by atoms with van der Waals surface area (Å²) >= 11 is 0. The van der Waals surface area contributed by atoms with Crippen LogP contribution in [0.5, 0.6) is 0 Å². The van der Waals surface area contributed by atoms with E-state index >= 15 is 0 Å². The lowest BCUT2D eigenvalue weighted by molar-refractivity contribution is -0.192. The lowest BCUT2D eigenvalue weighted by Crippen LogP contribution is -2.56. The van der Waals surface area contributed by atoms with Crippen molar-refractivity contribution in [3.05, 3.63) is 35.9 Å². The van der Waals surface area contributed by atoms with Crippen molar-refractivity contribution >= 4 is 35.9 Å². The van der Waals surface area contributed by atoms with E-state index in [-0.39, 0.29) is 32.0 Å². The van der Waals surface area contributed by atoms with Gasteiger partial charge in [0.2, 0.25) is 5.91 Å². The van der Waals surface area contributed by atoms with Crippen molar-refractivity contribution < 1.29 is 61.6 Å². The molecular weight excluding hydrogens is 671 g/mol. The highest BCUT2D eigenvalue weighted by atomic mass is 19.4. The van der Waals surface area contributed by atoms with Gasteiger partial charge in [-0.2, -0.15) is 13.2 Å². The van der Waals surface area contributed by atoms with E-state index in [2.05, 4.69) is 21.3 Å². The van der Waals surface area contributed by atoms with E-state index < -0.39 is 60.2 Å². The fraction of sp³-hybridized carbons (Fsp3) is 0.625. The largest absolute Gasteiger partial charge is 0.490 e. The standard InChI is InChI=1S/C30H47N5O8.C2HF3O2/c1-2-42-28(39)22-14-6-7-15-23(22)33-26(36)24(34-29(40)35-25(27(37)38)17-8-10-18-31)16-9-11-19-32-30(41)43-20-21-12-4-3-5-13-21;3-2(4,5)1(6)7/h3-5,12-13,22-25H,2,6-11,14-20,31H2,1H3,(H,32,41)(H,33,36)(H,37,38)(H2,34,35,40);(H,6,7)/t22-,23+,24-,25+;/m1./s1. The smallest absolute Gasteiger partial charge is 0.480 e. The third-order valence-corrected chi connectivity index (χ3v) is 7.50. The zero-order valence-electron chi connectivity index (χ0n) is 28.0. The van der Waals surface area contributed by atoms with E-state index in [1.807, 2.05) is 30.3 Å². The number of ether oxygens (including phenoxy) is 2. The number of hydrogen-bond donors (Lipinski definition) is 7. The Kier molecular flexibility index (Phi) is 20.6. The number of alkyl halides is 3. The molecule has 15 nitrogen and oxygen atoms in total. The number of aliphatic carboxylic acids is 2. The van der Waals surface area contributed by atoms with Gasteiger partial charge in [-0.1, -0.05) is 43.2 Å². The van der Waals surface area contributed by atoms with E-state index in [9.17, 15) is 42.3 Å². The number of carboxylic acid groups (broad SMARTS) is 2. The van der Waals surface area contributed by atoms with Crippen LogP contribution >= 0.6 is 0 Å². The first kappa shape index (κ1) is 43.4. The summed E-state index contributed by atoms with van der Waals surface area (Å²) in [4.78, 5) is 71.2. The highest BCUT2D eigenvalue weighted by Crippen LogP contribution is 2.26. The molecule has 0 radical (unpaired) electrons. The summed E-state index contributed by atoms with van der Waals surface area (Å²) < 4.78 is 42.1. The number of alkyl carbamates (subject to hydrolysis) is 1. The van der Waals surface area contributed by atoms with Gasteiger partial charge >= 0.3 is 36.2 Å². The van der Waals surface area contributed by atoms with Crippen molar-refractivity contribution in [3.63, 3.8) is 0 Å². The summed E-state index contributed by atoms with van der Waals surface area (Å²) in [6.07, 6.45) is -0.231. The molecule has 0 unspecified atom stereocenters. The Morgan fingerprint density at radius 3 is 2.10 bits per heavy atom. The van der Waals surface area contributed by atoms with Gasteiger partial charge < -0.3 is 46.7 Å². The monoisotopic (exact) mass is 719 g/mol. The molecule has 8 N–H and O–H groups in total. The Hall–Kier alpha value is -4.61. The predicted octanol–water partition coefficient (Wildman–Crippen LogP) is 3.20. The molecule has 0 saturated heterocycles. The third kappa shape index (κ3) is 18.2. The predicted molar refractivity (Wildman–Crippen MR) is 172 cm³/mol. The molecule has 0 aliphatic heterocycles. The maximum atomic E-state index is 13.4. The minimum absolute atomic E-state index is 0.144. The summed E-state index contributed by atoms with van der Waals surface area (Å²) in [6, 6.07) is 5.94. The number of benzene rings is 1. The summed E-state index contributed by atoms with van der Waals surface area (Å²) in [6.45, 7) is 2.82. The third-order valence-electron chi connectivity index (χ3n) is 7.50.